The lowest BCUT2D eigenvalue weighted by atomic mass is 10.00. The van der Waals surface area contributed by atoms with Crippen molar-refractivity contribution >= 4 is 21.8 Å². The van der Waals surface area contributed by atoms with E-state index in [1.807, 2.05) is 30.3 Å². The second kappa shape index (κ2) is 9.43. The Morgan fingerprint density at radius 1 is 1.04 bits per heavy atom. The molecule has 0 heterocycles. The van der Waals surface area contributed by atoms with E-state index in [2.05, 4.69) is 4.72 Å². The zero-order valence-electron chi connectivity index (χ0n) is 15.3. The molecule has 0 bridgehead atoms. The number of esters is 1. The minimum absolute atomic E-state index is 0.0369. The molecule has 0 saturated heterocycles. The Balaban J connectivity index is 2.11. The van der Waals surface area contributed by atoms with Crippen molar-refractivity contribution in [3.05, 3.63) is 65.7 Å². The van der Waals surface area contributed by atoms with Gasteiger partial charge in [-0.25, -0.2) is 13.1 Å². The number of benzene rings is 2. The van der Waals surface area contributed by atoms with E-state index in [0.717, 1.165) is 5.56 Å². The monoisotopic (exact) mass is 389 g/mol. The molecule has 1 atom stereocenters. The van der Waals surface area contributed by atoms with Crippen molar-refractivity contribution < 1.29 is 22.7 Å². The normalized spacial score (nSPS) is 12.4. The quantitative estimate of drug-likeness (QED) is 0.526. The Labute approximate surface area is 159 Å². The van der Waals surface area contributed by atoms with Crippen molar-refractivity contribution in [1.82, 2.24) is 4.72 Å². The molecule has 0 aliphatic heterocycles. The zero-order chi connectivity index (χ0) is 19.9. The van der Waals surface area contributed by atoms with Gasteiger partial charge in [-0.3, -0.25) is 9.59 Å². The van der Waals surface area contributed by atoms with E-state index < -0.39 is 21.9 Å². The van der Waals surface area contributed by atoms with Crippen LogP contribution in [0.4, 0.5) is 0 Å². The summed E-state index contributed by atoms with van der Waals surface area (Å²) in [4.78, 5) is 23.6. The van der Waals surface area contributed by atoms with Crippen LogP contribution in [0.15, 0.2) is 59.5 Å². The van der Waals surface area contributed by atoms with E-state index in [1.54, 1.807) is 6.92 Å². The van der Waals surface area contributed by atoms with Gasteiger partial charge in [-0.2, -0.15) is 0 Å². The number of ether oxygens (including phenoxy) is 1. The summed E-state index contributed by atoms with van der Waals surface area (Å²) in [7, 11) is -3.81. The van der Waals surface area contributed by atoms with E-state index in [0.29, 0.717) is 12.0 Å². The fraction of sp³-hybridized carbons (Fsp3) is 0.300. The summed E-state index contributed by atoms with van der Waals surface area (Å²) < 4.78 is 32.6. The molecule has 0 aliphatic carbocycles. The maximum absolute atomic E-state index is 12.5. The molecule has 7 heteroatoms. The van der Waals surface area contributed by atoms with Crippen LogP contribution in [0.3, 0.4) is 0 Å². The summed E-state index contributed by atoms with van der Waals surface area (Å²) in [6.45, 7) is 3.27. The molecular weight excluding hydrogens is 366 g/mol. The Bertz CT molecular complexity index is 876. The predicted molar refractivity (Wildman–Crippen MR) is 102 cm³/mol. The van der Waals surface area contributed by atoms with Gasteiger partial charge in [0.15, 0.2) is 5.78 Å². The van der Waals surface area contributed by atoms with Crippen LogP contribution in [-0.4, -0.2) is 33.3 Å². The summed E-state index contributed by atoms with van der Waals surface area (Å²) >= 11 is 0. The van der Waals surface area contributed by atoms with Crippen molar-refractivity contribution in [3.63, 3.8) is 0 Å². The molecule has 0 amide bonds. The lowest BCUT2D eigenvalue weighted by Crippen LogP contribution is -2.35. The SMILES string of the molecule is CCOC(=O)C(CNS(=O)(=O)c1ccc(C(C)=O)cc1)Cc1ccccc1. The maximum atomic E-state index is 12.5. The highest BCUT2D eigenvalue weighted by molar-refractivity contribution is 7.89. The average Bonchev–Trinajstić information content (AvgIpc) is 2.66. The fourth-order valence-electron chi connectivity index (χ4n) is 2.56. The third-order valence-corrected chi connectivity index (χ3v) is 5.48. The first kappa shape index (κ1) is 20.8. The number of hydrogen-bond acceptors (Lipinski definition) is 5. The van der Waals surface area contributed by atoms with Crippen LogP contribution >= 0.6 is 0 Å². The molecule has 1 unspecified atom stereocenters. The second-order valence-electron chi connectivity index (χ2n) is 6.07. The molecule has 0 aliphatic rings. The van der Waals surface area contributed by atoms with Gasteiger partial charge < -0.3 is 4.74 Å². The van der Waals surface area contributed by atoms with Gasteiger partial charge >= 0.3 is 5.97 Å². The van der Waals surface area contributed by atoms with Gasteiger partial charge in [0.05, 0.1) is 17.4 Å². The predicted octanol–water partition coefficient (Wildman–Crippen LogP) is 2.59. The van der Waals surface area contributed by atoms with Crippen molar-refractivity contribution in [3.8, 4) is 0 Å². The molecule has 2 aromatic rings. The van der Waals surface area contributed by atoms with Crippen molar-refractivity contribution in [2.24, 2.45) is 5.92 Å². The Hall–Kier alpha value is -2.51. The Morgan fingerprint density at radius 3 is 2.22 bits per heavy atom. The number of ketones is 1. The van der Waals surface area contributed by atoms with Gasteiger partial charge in [-0.15, -0.1) is 0 Å². The van der Waals surface area contributed by atoms with Crippen LogP contribution in [0.1, 0.15) is 29.8 Å². The summed E-state index contributed by atoms with van der Waals surface area (Å²) in [5, 5.41) is 0. The van der Waals surface area contributed by atoms with Gasteiger partial charge in [0.25, 0.3) is 0 Å². The molecule has 0 radical (unpaired) electrons. The van der Waals surface area contributed by atoms with E-state index >= 15 is 0 Å². The van der Waals surface area contributed by atoms with Crippen LogP contribution in [0.2, 0.25) is 0 Å². The van der Waals surface area contributed by atoms with E-state index in [-0.39, 0.29) is 23.8 Å². The van der Waals surface area contributed by atoms with Gasteiger partial charge in [0.1, 0.15) is 0 Å². The number of Topliss-reactive ketones (excluding diaryl/α,β-unsaturated/α-hetero) is 1. The third-order valence-electron chi connectivity index (χ3n) is 4.04. The molecule has 0 spiro atoms. The Morgan fingerprint density at radius 2 is 1.67 bits per heavy atom. The van der Waals surface area contributed by atoms with Crippen LogP contribution in [-0.2, 0) is 26.0 Å². The van der Waals surface area contributed by atoms with E-state index in [4.69, 9.17) is 4.74 Å². The molecule has 0 aromatic heterocycles. The molecule has 0 fully saturated rings. The van der Waals surface area contributed by atoms with Crippen LogP contribution in [0.25, 0.3) is 0 Å². The minimum atomic E-state index is -3.81. The first-order chi connectivity index (χ1) is 12.8. The summed E-state index contributed by atoms with van der Waals surface area (Å²) in [6, 6.07) is 15.0. The van der Waals surface area contributed by atoms with Gasteiger partial charge in [0.2, 0.25) is 10.0 Å². The van der Waals surface area contributed by atoms with Gasteiger partial charge in [-0.05, 0) is 38.0 Å². The largest absolute Gasteiger partial charge is 0.466 e. The summed E-state index contributed by atoms with van der Waals surface area (Å²) in [6.07, 6.45) is 0.367. The highest BCUT2D eigenvalue weighted by Gasteiger charge is 2.24. The smallest absolute Gasteiger partial charge is 0.310 e. The first-order valence-corrected chi connectivity index (χ1v) is 10.1. The molecule has 144 valence electrons. The number of hydrogen-bond donors (Lipinski definition) is 1. The van der Waals surface area contributed by atoms with Crippen molar-refractivity contribution in [2.75, 3.05) is 13.2 Å². The highest BCUT2D eigenvalue weighted by Crippen LogP contribution is 2.14. The second-order valence-corrected chi connectivity index (χ2v) is 7.84. The first-order valence-electron chi connectivity index (χ1n) is 8.64. The lowest BCUT2D eigenvalue weighted by Gasteiger charge is -2.16. The zero-order valence-corrected chi connectivity index (χ0v) is 16.2. The lowest BCUT2D eigenvalue weighted by molar-refractivity contribution is -0.147. The van der Waals surface area contributed by atoms with Crippen molar-refractivity contribution in [1.29, 1.82) is 0 Å². The number of nitrogens with one attached hydrogen (secondary N) is 1. The summed E-state index contributed by atoms with van der Waals surface area (Å²) in [5.41, 5.74) is 1.35. The number of sulfonamides is 1. The molecule has 6 nitrogen and oxygen atoms in total. The average molecular weight is 389 g/mol. The molecule has 27 heavy (non-hydrogen) atoms. The van der Waals surface area contributed by atoms with Crippen molar-refractivity contribution in [2.45, 2.75) is 25.2 Å². The van der Waals surface area contributed by atoms with Gasteiger partial charge in [-0.1, -0.05) is 42.5 Å². The fourth-order valence-corrected chi connectivity index (χ4v) is 3.64. The molecule has 2 aromatic carbocycles. The minimum Gasteiger partial charge on any atom is -0.466 e. The molecule has 2 rings (SSSR count). The maximum Gasteiger partial charge on any atom is 0.310 e. The summed E-state index contributed by atoms with van der Waals surface area (Å²) in [5.74, 6) is -1.23. The third kappa shape index (κ3) is 6.01. The number of rotatable bonds is 9. The molecular formula is C20H23NO5S. The topological polar surface area (TPSA) is 89.5 Å². The van der Waals surface area contributed by atoms with E-state index in [1.165, 1.54) is 31.2 Å². The number of carbonyl (C=O) groups is 2. The molecule has 0 saturated carbocycles. The van der Waals surface area contributed by atoms with Crippen LogP contribution < -0.4 is 4.72 Å². The molecule has 1 N–H and O–H groups in total. The van der Waals surface area contributed by atoms with Crippen LogP contribution in [0.5, 0.6) is 0 Å². The van der Waals surface area contributed by atoms with E-state index in [9.17, 15) is 18.0 Å². The highest BCUT2D eigenvalue weighted by atomic mass is 32.2. The Kier molecular flexibility index (Phi) is 7.27. The number of carbonyl (C=O) groups excluding carboxylic acids is 2. The van der Waals surface area contributed by atoms with Crippen LogP contribution in [0, 0.1) is 5.92 Å². The van der Waals surface area contributed by atoms with Gasteiger partial charge in [0, 0.05) is 12.1 Å². The standard InChI is InChI=1S/C20H23NO5S/c1-3-26-20(23)18(13-16-7-5-4-6-8-16)14-21-27(24,25)19-11-9-17(10-12-19)15(2)22/h4-12,18,21H,3,13-14H2,1-2H3.